The molecule has 132 valence electrons. The van der Waals surface area contributed by atoms with E-state index >= 15 is 0 Å². The van der Waals surface area contributed by atoms with Crippen LogP contribution in [-0.4, -0.2) is 45.4 Å². The number of hydrogen-bond acceptors (Lipinski definition) is 5. The normalized spacial score (nSPS) is 15.7. The molecule has 0 N–H and O–H groups in total. The van der Waals surface area contributed by atoms with Gasteiger partial charge in [-0.15, -0.1) is 0 Å². The highest BCUT2D eigenvalue weighted by Gasteiger charge is 2.18. The third-order valence-corrected chi connectivity index (χ3v) is 3.82. The number of Topliss-reactive ketones (excluding diaryl/α,β-unsaturated/α-hetero) is 1. The van der Waals surface area contributed by atoms with E-state index in [1.54, 1.807) is 12.1 Å². The predicted octanol–water partition coefficient (Wildman–Crippen LogP) is 2.92. The minimum absolute atomic E-state index is 0.00378. The van der Waals surface area contributed by atoms with Gasteiger partial charge in [-0.25, -0.2) is 0 Å². The molecule has 3 rings (SSSR count). The van der Waals surface area contributed by atoms with Crippen LogP contribution in [0.5, 0.6) is 11.5 Å². The minimum atomic E-state index is -0.00378. The average Bonchev–Trinajstić information content (AvgIpc) is 2.63. The molecule has 1 heterocycles. The lowest BCUT2D eigenvalue weighted by molar-refractivity contribution is 0.0222. The number of carbonyl (C=O) groups excluding carboxylic acids is 1. The Kier molecular flexibility index (Phi) is 6.42. The first-order chi connectivity index (χ1) is 12.3. The van der Waals surface area contributed by atoms with Gasteiger partial charge in [-0.05, 0) is 17.7 Å². The molecule has 0 fully saturated rings. The first-order valence-electron chi connectivity index (χ1n) is 8.46. The Morgan fingerprint density at radius 1 is 0.760 bits per heavy atom. The van der Waals surface area contributed by atoms with Crippen molar-refractivity contribution in [1.29, 1.82) is 0 Å². The highest BCUT2D eigenvalue weighted by atomic mass is 16.6. The minimum Gasteiger partial charge on any atom is -0.487 e. The Morgan fingerprint density at radius 2 is 1.44 bits per heavy atom. The Morgan fingerprint density at radius 3 is 2.20 bits per heavy atom. The molecule has 0 atom stereocenters. The van der Waals surface area contributed by atoms with Crippen LogP contribution >= 0.6 is 0 Å². The van der Waals surface area contributed by atoms with Crippen LogP contribution in [0, 0.1) is 0 Å². The van der Waals surface area contributed by atoms with Gasteiger partial charge in [0.05, 0.1) is 32.0 Å². The van der Waals surface area contributed by atoms with Crippen molar-refractivity contribution in [3.63, 3.8) is 0 Å². The number of fused-ring (bicyclic) bond motifs is 1. The van der Waals surface area contributed by atoms with Crippen molar-refractivity contribution in [3.05, 3.63) is 59.7 Å². The fourth-order valence-electron chi connectivity index (χ4n) is 2.61. The third kappa shape index (κ3) is 5.05. The van der Waals surface area contributed by atoms with E-state index in [-0.39, 0.29) is 5.78 Å². The Hall–Kier alpha value is -2.37. The Balaban J connectivity index is 1.81. The lowest BCUT2D eigenvalue weighted by Gasteiger charge is -2.17. The van der Waals surface area contributed by atoms with Crippen LogP contribution in [0.25, 0.3) is 0 Å². The van der Waals surface area contributed by atoms with Gasteiger partial charge < -0.3 is 18.9 Å². The lowest BCUT2D eigenvalue weighted by atomic mass is 10.0. The number of para-hydroxylation sites is 1. The van der Waals surface area contributed by atoms with Gasteiger partial charge >= 0.3 is 0 Å². The lowest BCUT2D eigenvalue weighted by Crippen LogP contribution is -2.17. The van der Waals surface area contributed by atoms with Crippen LogP contribution in [0.2, 0.25) is 0 Å². The fraction of sp³-hybridized carbons (Fsp3) is 0.350. The molecule has 0 saturated heterocycles. The quantitative estimate of drug-likeness (QED) is 0.803. The van der Waals surface area contributed by atoms with E-state index in [0.29, 0.717) is 63.1 Å². The molecule has 1 aliphatic rings. The fourth-order valence-corrected chi connectivity index (χ4v) is 2.61. The Bertz CT molecular complexity index is 684. The number of benzene rings is 2. The van der Waals surface area contributed by atoms with Gasteiger partial charge in [-0.1, -0.05) is 36.4 Å². The molecular weight excluding hydrogens is 320 g/mol. The summed E-state index contributed by atoms with van der Waals surface area (Å²) in [6.07, 6.45) is 0.320. The maximum absolute atomic E-state index is 12.8. The van der Waals surface area contributed by atoms with E-state index < -0.39 is 0 Å². The summed E-state index contributed by atoms with van der Waals surface area (Å²) in [7, 11) is 0. The molecule has 5 heteroatoms. The second-order valence-electron chi connectivity index (χ2n) is 5.64. The van der Waals surface area contributed by atoms with Gasteiger partial charge in [0.2, 0.25) is 0 Å². The van der Waals surface area contributed by atoms with Crippen LogP contribution in [-0.2, 0) is 15.9 Å². The second-order valence-corrected chi connectivity index (χ2v) is 5.64. The van der Waals surface area contributed by atoms with E-state index in [9.17, 15) is 4.79 Å². The number of ketones is 1. The topological polar surface area (TPSA) is 54.0 Å². The molecule has 0 amide bonds. The van der Waals surface area contributed by atoms with Crippen molar-refractivity contribution < 1.29 is 23.7 Å². The highest BCUT2D eigenvalue weighted by molar-refractivity contribution is 6.00. The summed E-state index contributed by atoms with van der Waals surface area (Å²) in [4.78, 5) is 12.8. The molecule has 5 nitrogen and oxygen atoms in total. The molecule has 0 aliphatic carbocycles. The van der Waals surface area contributed by atoms with Gasteiger partial charge in [0.25, 0.3) is 0 Å². The van der Waals surface area contributed by atoms with Crippen LogP contribution in [0.1, 0.15) is 15.9 Å². The van der Waals surface area contributed by atoms with E-state index in [2.05, 4.69) is 0 Å². The van der Waals surface area contributed by atoms with Crippen LogP contribution in [0.3, 0.4) is 0 Å². The molecular formula is C20H22O5. The van der Waals surface area contributed by atoms with Gasteiger partial charge in [-0.2, -0.15) is 0 Å². The zero-order valence-corrected chi connectivity index (χ0v) is 14.1. The van der Waals surface area contributed by atoms with Crippen LogP contribution in [0.15, 0.2) is 48.5 Å². The third-order valence-electron chi connectivity index (χ3n) is 3.82. The molecule has 0 unspecified atom stereocenters. The molecule has 0 aromatic heterocycles. The number of hydrogen-bond donors (Lipinski definition) is 0. The smallest absolute Gasteiger partial charge is 0.172 e. The summed E-state index contributed by atoms with van der Waals surface area (Å²) in [6, 6.07) is 15.1. The number of ether oxygens (including phenoxy) is 4. The molecule has 0 bridgehead atoms. The van der Waals surface area contributed by atoms with Crippen LogP contribution < -0.4 is 9.47 Å². The van der Waals surface area contributed by atoms with Gasteiger partial charge in [0.15, 0.2) is 17.3 Å². The van der Waals surface area contributed by atoms with Gasteiger partial charge in [0.1, 0.15) is 13.2 Å². The van der Waals surface area contributed by atoms with Crippen molar-refractivity contribution in [2.24, 2.45) is 0 Å². The standard InChI is InChI=1S/C20H22O5/c21-18(15-16-5-2-1-3-6-16)17-7-4-8-19-20(17)25-14-12-23-10-9-22-11-13-24-19/h1-8H,9-15H2. The molecule has 2 aromatic rings. The first-order valence-corrected chi connectivity index (χ1v) is 8.46. The SMILES string of the molecule is O=C(Cc1ccccc1)c1cccc2c1OCCOCCOCCO2. The van der Waals surface area contributed by atoms with E-state index in [4.69, 9.17) is 18.9 Å². The summed E-state index contributed by atoms with van der Waals surface area (Å²) in [5.74, 6) is 1.03. The summed E-state index contributed by atoms with van der Waals surface area (Å²) >= 11 is 0. The van der Waals surface area contributed by atoms with Crippen molar-refractivity contribution >= 4 is 5.78 Å². The summed E-state index contributed by atoms with van der Waals surface area (Å²) in [6.45, 7) is 2.70. The maximum Gasteiger partial charge on any atom is 0.172 e. The molecule has 2 aromatic carbocycles. The highest BCUT2D eigenvalue weighted by Crippen LogP contribution is 2.32. The van der Waals surface area contributed by atoms with Gasteiger partial charge in [-0.3, -0.25) is 4.79 Å². The second kappa shape index (κ2) is 9.20. The number of carbonyl (C=O) groups is 1. The van der Waals surface area contributed by atoms with Gasteiger partial charge in [0, 0.05) is 6.42 Å². The molecule has 0 saturated carbocycles. The van der Waals surface area contributed by atoms with Crippen molar-refractivity contribution in [1.82, 2.24) is 0 Å². The molecule has 1 aliphatic heterocycles. The predicted molar refractivity (Wildman–Crippen MR) is 93.5 cm³/mol. The van der Waals surface area contributed by atoms with E-state index in [1.807, 2.05) is 36.4 Å². The zero-order chi connectivity index (χ0) is 17.3. The molecule has 0 spiro atoms. The number of rotatable bonds is 3. The first kappa shape index (κ1) is 17.5. The van der Waals surface area contributed by atoms with Crippen molar-refractivity contribution in [2.45, 2.75) is 6.42 Å². The largest absolute Gasteiger partial charge is 0.487 e. The van der Waals surface area contributed by atoms with E-state index in [1.165, 1.54) is 0 Å². The monoisotopic (exact) mass is 342 g/mol. The zero-order valence-electron chi connectivity index (χ0n) is 14.1. The van der Waals surface area contributed by atoms with Crippen molar-refractivity contribution in [2.75, 3.05) is 39.6 Å². The average molecular weight is 342 g/mol. The van der Waals surface area contributed by atoms with Crippen LogP contribution in [0.4, 0.5) is 0 Å². The van der Waals surface area contributed by atoms with Crippen molar-refractivity contribution in [3.8, 4) is 11.5 Å². The summed E-state index contributed by atoms with van der Waals surface area (Å²) in [5, 5.41) is 0. The van der Waals surface area contributed by atoms with E-state index in [0.717, 1.165) is 5.56 Å². The molecule has 25 heavy (non-hydrogen) atoms. The maximum atomic E-state index is 12.8. The summed E-state index contributed by atoms with van der Waals surface area (Å²) < 4.78 is 22.5. The molecule has 0 radical (unpaired) electrons. The Labute approximate surface area is 147 Å². The summed E-state index contributed by atoms with van der Waals surface area (Å²) in [5.41, 5.74) is 1.50.